The fourth-order valence-corrected chi connectivity index (χ4v) is 6.56. The van der Waals surface area contributed by atoms with E-state index in [1.165, 1.54) is 16.3 Å². The van der Waals surface area contributed by atoms with Crippen LogP contribution < -0.4 is 0 Å². The average Bonchev–Trinajstić information content (AvgIpc) is 3.72. The Morgan fingerprint density at radius 2 is 0.978 bits per heavy atom. The van der Waals surface area contributed by atoms with Crippen LogP contribution in [0.2, 0.25) is 0 Å². The van der Waals surface area contributed by atoms with Gasteiger partial charge in [-0.05, 0) is 35.9 Å². The summed E-state index contributed by atoms with van der Waals surface area (Å²) in [6.07, 6.45) is 2.10. The maximum Gasteiger partial charge on any atom is 0.238 e. The maximum atomic E-state index is 5.09. The fraction of sp³-hybridized carbons (Fsp3) is 0. The van der Waals surface area contributed by atoms with Gasteiger partial charge < -0.3 is 4.57 Å². The lowest BCUT2D eigenvalue weighted by Crippen LogP contribution is -2.06. The van der Waals surface area contributed by atoms with Gasteiger partial charge in [0.15, 0.2) is 11.6 Å². The van der Waals surface area contributed by atoms with Crippen molar-refractivity contribution >= 4 is 32.7 Å². The molecule has 0 saturated heterocycles. The lowest BCUT2D eigenvalue weighted by molar-refractivity contribution is 0.934. The Morgan fingerprint density at radius 1 is 0.435 bits per heavy atom. The van der Waals surface area contributed by atoms with Gasteiger partial charge in [0.05, 0.1) is 16.6 Å². The lowest BCUT2D eigenvalue weighted by atomic mass is 9.99. The number of aromatic nitrogens is 5. The summed E-state index contributed by atoms with van der Waals surface area (Å²) in [7, 11) is 0. The Kier molecular flexibility index (Phi) is 6.06. The smallest absolute Gasteiger partial charge is 0.238 e. The van der Waals surface area contributed by atoms with E-state index in [9.17, 15) is 0 Å². The molecule has 9 aromatic rings. The number of para-hydroxylation sites is 2. The molecular formula is C41H27N5. The number of nitrogens with zero attached hydrogens (tertiary/aromatic N) is 5. The molecule has 9 rings (SSSR count). The highest BCUT2D eigenvalue weighted by Crippen LogP contribution is 2.42. The largest absolute Gasteiger partial charge is 0.309 e. The Hall–Kier alpha value is -6.33. The van der Waals surface area contributed by atoms with Crippen molar-refractivity contribution in [3.8, 4) is 45.5 Å². The first kappa shape index (κ1) is 26.1. The summed E-state index contributed by atoms with van der Waals surface area (Å²) in [6.45, 7) is 0. The van der Waals surface area contributed by atoms with Crippen molar-refractivity contribution in [3.05, 3.63) is 164 Å². The number of rotatable bonds is 5. The van der Waals surface area contributed by atoms with E-state index in [0.29, 0.717) is 17.6 Å². The van der Waals surface area contributed by atoms with Crippen LogP contribution in [0, 0.1) is 0 Å². The topological polar surface area (TPSA) is 48.5 Å². The summed E-state index contributed by atoms with van der Waals surface area (Å²) in [5, 5.41) is 3.55. The zero-order chi connectivity index (χ0) is 30.5. The van der Waals surface area contributed by atoms with Crippen LogP contribution in [0.15, 0.2) is 164 Å². The van der Waals surface area contributed by atoms with Crippen molar-refractivity contribution in [2.45, 2.75) is 0 Å². The van der Waals surface area contributed by atoms with Gasteiger partial charge in [0.2, 0.25) is 5.95 Å². The summed E-state index contributed by atoms with van der Waals surface area (Å²) >= 11 is 0. The summed E-state index contributed by atoms with van der Waals surface area (Å²) in [5.74, 6) is 1.84. The zero-order valence-corrected chi connectivity index (χ0v) is 24.8. The van der Waals surface area contributed by atoms with Crippen LogP contribution in [-0.2, 0) is 0 Å². The van der Waals surface area contributed by atoms with Gasteiger partial charge in [-0.2, -0.15) is 9.97 Å². The molecule has 0 aliphatic rings. The van der Waals surface area contributed by atoms with E-state index < -0.39 is 0 Å². The molecule has 0 aliphatic heterocycles. The third-order valence-electron chi connectivity index (χ3n) is 8.61. The van der Waals surface area contributed by atoms with Gasteiger partial charge in [-0.1, -0.05) is 127 Å². The first-order valence-corrected chi connectivity index (χ1v) is 15.4. The van der Waals surface area contributed by atoms with Crippen molar-refractivity contribution < 1.29 is 0 Å². The van der Waals surface area contributed by atoms with Crippen molar-refractivity contribution in [2.75, 3.05) is 0 Å². The van der Waals surface area contributed by atoms with Crippen LogP contribution in [-0.4, -0.2) is 24.1 Å². The fourth-order valence-electron chi connectivity index (χ4n) is 6.56. The van der Waals surface area contributed by atoms with Gasteiger partial charge >= 0.3 is 0 Å². The molecule has 0 N–H and O–H groups in total. The highest BCUT2D eigenvalue weighted by Gasteiger charge is 2.22. The Bertz CT molecular complexity index is 2440. The van der Waals surface area contributed by atoms with Crippen LogP contribution in [0.25, 0.3) is 78.2 Å². The van der Waals surface area contributed by atoms with Crippen LogP contribution >= 0.6 is 0 Å². The number of hydrogen-bond donors (Lipinski definition) is 0. The minimum Gasteiger partial charge on any atom is -0.309 e. The monoisotopic (exact) mass is 589 g/mol. The van der Waals surface area contributed by atoms with Gasteiger partial charge in [0, 0.05) is 44.7 Å². The van der Waals surface area contributed by atoms with E-state index in [2.05, 4.69) is 112 Å². The number of benzene rings is 6. The molecule has 216 valence electrons. The molecule has 0 aliphatic carbocycles. The van der Waals surface area contributed by atoms with E-state index in [1.54, 1.807) is 0 Å². The molecule has 0 unspecified atom stereocenters. The minimum absolute atomic E-state index is 0.575. The van der Waals surface area contributed by atoms with Crippen molar-refractivity contribution in [1.29, 1.82) is 0 Å². The second-order valence-corrected chi connectivity index (χ2v) is 11.3. The van der Waals surface area contributed by atoms with E-state index in [4.69, 9.17) is 15.0 Å². The number of hydrogen-bond acceptors (Lipinski definition) is 3. The highest BCUT2D eigenvalue weighted by atomic mass is 15.2. The van der Waals surface area contributed by atoms with Crippen molar-refractivity contribution in [1.82, 2.24) is 24.1 Å². The molecule has 0 saturated carbocycles. The molecule has 0 radical (unpaired) electrons. The third kappa shape index (κ3) is 4.21. The second-order valence-electron chi connectivity index (χ2n) is 11.3. The molecule has 0 amide bonds. The first-order valence-electron chi connectivity index (χ1n) is 15.4. The average molecular weight is 590 g/mol. The Morgan fingerprint density at radius 3 is 1.61 bits per heavy atom. The predicted octanol–water partition coefficient (Wildman–Crippen LogP) is 9.91. The molecule has 0 bridgehead atoms. The van der Waals surface area contributed by atoms with Crippen LogP contribution in [0.5, 0.6) is 0 Å². The molecular weight excluding hydrogens is 562 g/mol. The highest BCUT2D eigenvalue weighted by molar-refractivity contribution is 6.24. The first-order chi connectivity index (χ1) is 22.8. The summed E-state index contributed by atoms with van der Waals surface area (Å²) < 4.78 is 4.50. The Labute approximate surface area is 265 Å². The predicted molar refractivity (Wildman–Crippen MR) is 187 cm³/mol. The molecule has 3 aromatic heterocycles. The number of fused-ring (bicyclic) bond motifs is 5. The van der Waals surface area contributed by atoms with E-state index >= 15 is 0 Å². The molecule has 5 nitrogen and oxygen atoms in total. The zero-order valence-electron chi connectivity index (χ0n) is 24.8. The maximum absolute atomic E-state index is 5.09. The minimum atomic E-state index is 0.575. The summed E-state index contributed by atoms with van der Waals surface area (Å²) in [5.41, 5.74) is 8.62. The molecule has 3 heterocycles. The summed E-state index contributed by atoms with van der Waals surface area (Å²) in [4.78, 5) is 15.1. The SMILES string of the molecule is c1ccc(-c2nc(-c3ccccc3)nc(-n3ccc4c5c6ccccc6n(-c6ccccc6)c5cc(-c5ccccc5)c43)n2)cc1. The molecule has 6 aromatic carbocycles. The lowest BCUT2D eigenvalue weighted by Gasteiger charge is -2.14. The van der Waals surface area contributed by atoms with E-state index in [0.717, 1.165) is 44.4 Å². The van der Waals surface area contributed by atoms with Crippen molar-refractivity contribution in [3.63, 3.8) is 0 Å². The normalized spacial score (nSPS) is 11.5. The Balaban J connectivity index is 1.40. The van der Waals surface area contributed by atoms with Gasteiger partial charge in [0.25, 0.3) is 0 Å². The molecule has 0 atom stereocenters. The third-order valence-corrected chi connectivity index (χ3v) is 8.61. The van der Waals surface area contributed by atoms with Gasteiger partial charge in [-0.25, -0.2) is 4.98 Å². The standard InChI is InChI=1S/C41H27N5/c1-5-15-28(16-6-1)34-27-36-37(32-23-13-14-24-35(32)46(36)31-21-11-4-12-22-31)33-25-26-45(38(33)34)41-43-39(29-17-7-2-8-18-29)42-40(44-41)30-19-9-3-10-20-30/h1-27H. The van der Waals surface area contributed by atoms with Gasteiger partial charge in [-0.3, -0.25) is 4.57 Å². The summed E-state index contributed by atoms with van der Waals surface area (Å²) in [6, 6.07) is 54.6. The quantitative estimate of drug-likeness (QED) is 0.201. The van der Waals surface area contributed by atoms with Crippen LogP contribution in [0.3, 0.4) is 0 Å². The van der Waals surface area contributed by atoms with Crippen LogP contribution in [0.4, 0.5) is 0 Å². The van der Waals surface area contributed by atoms with Crippen molar-refractivity contribution in [2.24, 2.45) is 0 Å². The van der Waals surface area contributed by atoms with E-state index in [-0.39, 0.29) is 0 Å². The van der Waals surface area contributed by atoms with Crippen LogP contribution in [0.1, 0.15) is 0 Å². The molecule has 46 heavy (non-hydrogen) atoms. The molecule has 0 spiro atoms. The second kappa shape index (κ2) is 10.7. The van der Waals surface area contributed by atoms with Gasteiger partial charge in [0.1, 0.15) is 0 Å². The van der Waals surface area contributed by atoms with E-state index in [1.807, 2.05) is 60.7 Å². The molecule has 0 fully saturated rings. The molecule has 5 heteroatoms. The van der Waals surface area contributed by atoms with Gasteiger partial charge in [-0.15, -0.1) is 0 Å².